The number of nitrogens with one attached hydrogen (secondary N) is 2. The summed E-state index contributed by atoms with van der Waals surface area (Å²) >= 11 is 0. The second-order valence-electron chi connectivity index (χ2n) is 19.5. The molecule has 0 aliphatic rings. The SMILES string of the molecule is CCCCCCCCC(CCCCCCCC)OC(=O)CCCCCCCN(CCCCCCCCOC(=O)C(CCCCCC)CCCCCCCC)CCOC(=O)NCc1ncc[nH]1. The second-order valence-corrected chi connectivity index (χ2v) is 19.5. The van der Waals surface area contributed by atoms with Crippen LogP contribution in [-0.4, -0.2) is 71.9 Å². The van der Waals surface area contributed by atoms with Gasteiger partial charge in [-0.15, -0.1) is 0 Å². The summed E-state index contributed by atoms with van der Waals surface area (Å²) in [5.74, 6) is 0.809. The number of esters is 2. The van der Waals surface area contributed by atoms with Crippen LogP contribution in [0.4, 0.5) is 4.79 Å². The number of hydrogen-bond acceptors (Lipinski definition) is 8. The van der Waals surface area contributed by atoms with Gasteiger partial charge in [0.1, 0.15) is 18.5 Å². The van der Waals surface area contributed by atoms with Crippen LogP contribution in [0.25, 0.3) is 0 Å². The van der Waals surface area contributed by atoms with Crippen LogP contribution in [0.5, 0.6) is 0 Å². The normalized spacial score (nSPS) is 12.0. The van der Waals surface area contributed by atoms with E-state index in [0.29, 0.717) is 38.5 Å². The number of unbranched alkanes of at least 4 members (excludes halogenated alkanes) is 27. The highest BCUT2D eigenvalue weighted by Gasteiger charge is 2.19. The van der Waals surface area contributed by atoms with E-state index in [1.165, 1.54) is 135 Å². The highest BCUT2D eigenvalue weighted by atomic mass is 16.6. The zero-order chi connectivity index (χ0) is 47.8. The number of rotatable bonds is 50. The molecule has 1 unspecified atom stereocenters. The average Bonchev–Trinajstić information content (AvgIpc) is 3.85. The van der Waals surface area contributed by atoms with Crippen molar-refractivity contribution >= 4 is 18.0 Å². The smallest absolute Gasteiger partial charge is 0.407 e. The number of carbonyl (C=O) groups is 3. The molecule has 1 rings (SSSR count). The number of aromatic amines is 1. The van der Waals surface area contributed by atoms with E-state index >= 15 is 0 Å². The zero-order valence-electron chi connectivity index (χ0n) is 43.8. The summed E-state index contributed by atoms with van der Waals surface area (Å²) in [5.41, 5.74) is 0. The fraction of sp³-hybridized carbons (Fsp3) is 0.893. The van der Waals surface area contributed by atoms with Crippen LogP contribution in [0.1, 0.15) is 278 Å². The quantitative estimate of drug-likeness (QED) is 0.0376. The van der Waals surface area contributed by atoms with Gasteiger partial charge < -0.3 is 24.5 Å². The Hall–Kier alpha value is -2.62. The van der Waals surface area contributed by atoms with Gasteiger partial charge in [0, 0.05) is 25.4 Å². The first-order valence-electron chi connectivity index (χ1n) is 28.4. The molecule has 1 atom stereocenters. The Morgan fingerprint density at radius 1 is 0.530 bits per heavy atom. The van der Waals surface area contributed by atoms with E-state index in [9.17, 15) is 14.4 Å². The van der Waals surface area contributed by atoms with Crippen molar-refractivity contribution in [3.05, 3.63) is 18.2 Å². The lowest BCUT2D eigenvalue weighted by Crippen LogP contribution is -2.32. The third kappa shape index (κ3) is 39.4. The highest BCUT2D eigenvalue weighted by Crippen LogP contribution is 2.22. The monoisotopic (exact) mass is 931 g/mol. The maximum absolute atomic E-state index is 13.0. The summed E-state index contributed by atoms with van der Waals surface area (Å²) in [4.78, 5) is 47.9. The van der Waals surface area contributed by atoms with Gasteiger partial charge in [-0.05, 0) is 77.3 Å². The van der Waals surface area contributed by atoms with Gasteiger partial charge >= 0.3 is 18.0 Å². The van der Waals surface area contributed by atoms with E-state index in [1.54, 1.807) is 12.4 Å². The molecule has 1 heterocycles. The van der Waals surface area contributed by atoms with Crippen molar-refractivity contribution in [2.24, 2.45) is 5.92 Å². The summed E-state index contributed by atoms with van der Waals surface area (Å²) in [6, 6.07) is 0. The van der Waals surface area contributed by atoms with Gasteiger partial charge in [0.05, 0.1) is 19.1 Å². The minimum absolute atomic E-state index is 0.00417. The van der Waals surface area contributed by atoms with Crippen molar-refractivity contribution < 1.29 is 28.6 Å². The molecule has 0 saturated heterocycles. The van der Waals surface area contributed by atoms with Gasteiger partial charge in [-0.3, -0.25) is 14.5 Å². The van der Waals surface area contributed by atoms with E-state index in [1.807, 2.05) is 0 Å². The van der Waals surface area contributed by atoms with Crippen LogP contribution in [0.15, 0.2) is 12.4 Å². The molecule has 2 N–H and O–H groups in total. The number of hydrogen-bond donors (Lipinski definition) is 2. The molecule has 0 saturated carbocycles. The largest absolute Gasteiger partial charge is 0.465 e. The Kier molecular flexibility index (Phi) is 44.1. The van der Waals surface area contributed by atoms with E-state index in [0.717, 1.165) is 116 Å². The van der Waals surface area contributed by atoms with Crippen molar-refractivity contribution in [1.82, 2.24) is 20.2 Å². The minimum atomic E-state index is -0.424. The Bertz CT molecular complexity index is 1180. The Morgan fingerprint density at radius 2 is 0.985 bits per heavy atom. The molecule has 10 nitrogen and oxygen atoms in total. The van der Waals surface area contributed by atoms with Crippen LogP contribution >= 0.6 is 0 Å². The summed E-state index contributed by atoms with van der Waals surface area (Å²) < 4.78 is 17.4. The molecule has 10 heteroatoms. The molecule has 0 radical (unpaired) electrons. The van der Waals surface area contributed by atoms with Crippen molar-refractivity contribution in [3.8, 4) is 0 Å². The molecule has 0 aliphatic carbocycles. The molecule has 0 spiro atoms. The molecule has 0 aliphatic heterocycles. The number of H-pyrrole nitrogens is 1. The lowest BCUT2D eigenvalue weighted by molar-refractivity contribution is -0.150. The van der Waals surface area contributed by atoms with Gasteiger partial charge in [0.15, 0.2) is 0 Å². The van der Waals surface area contributed by atoms with Crippen molar-refractivity contribution in [2.75, 3.05) is 32.8 Å². The van der Waals surface area contributed by atoms with E-state index in [4.69, 9.17) is 14.2 Å². The summed E-state index contributed by atoms with van der Waals surface area (Å²) in [7, 11) is 0. The molecule has 386 valence electrons. The number of amides is 1. The lowest BCUT2D eigenvalue weighted by atomic mass is 9.94. The number of nitrogens with zero attached hydrogens (tertiary/aromatic N) is 2. The van der Waals surface area contributed by atoms with Crippen molar-refractivity contribution in [3.63, 3.8) is 0 Å². The topological polar surface area (TPSA) is 123 Å². The van der Waals surface area contributed by atoms with Gasteiger partial charge in [-0.25, -0.2) is 9.78 Å². The number of carbonyl (C=O) groups excluding carboxylic acids is 3. The average molecular weight is 931 g/mol. The van der Waals surface area contributed by atoms with Crippen LogP contribution in [-0.2, 0) is 30.3 Å². The van der Waals surface area contributed by atoms with E-state index in [-0.39, 0.29) is 24.0 Å². The van der Waals surface area contributed by atoms with Crippen LogP contribution in [0, 0.1) is 5.92 Å². The van der Waals surface area contributed by atoms with Crippen LogP contribution < -0.4 is 5.32 Å². The summed E-state index contributed by atoms with van der Waals surface area (Å²) in [6.45, 7) is 12.9. The maximum atomic E-state index is 13.0. The molecule has 1 aromatic rings. The number of ether oxygens (including phenoxy) is 3. The fourth-order valence-electron chi connectivity index (χ4n) is 8.95. The predicted molar refractivity (Wildman–Crippen MR) is 276 cm³/mol. The van der Waals surface area contributed by atoms with Crippen LogP contribution in [0.3, 0.4) is 0 Å². The standard InChI is InChI=1S/C56H106N4O6/c1-5-9-13-17-23-31-39-51(38-30-16-12-8-4)55(62)64-48-37-29-21-20-27-35-45-60(47-49-65-56(63)59-50-53-57-43-44-58-53)46-36-28-22-26-34-42-54(61)66-52(40-32-24-18-14-10-6-2)41-33-25-19-15-11-7-3/h43-44,51-52H,5-42,45-50H2,1-4H3,(H,57,58)(H,59,63). The second kappa shape index (κ2) is 47.4. The molecule has 0 bridgehead atoms. The van der Waals surface area contributed by atoms with Gasteiger partial charge in [0.2, 0.25) is 0 Å². The number of aromatic nitrogens is 2. The molecule has 0 aromatic carbocycles. The maximum Gasteiger partial charge on any atom is 0.407 e. The molecule has 1 aromatic heterocycles. The molecule has 1 amide bonds. The van der Waals surface area contributed by atoms with Crippen LogP contribution in [0.2, 0.25) is 0 Å². The molecular weight excluding hydrogens is 825 g/mol. The highest BCUT2D eigenvalue weighted by molar-refractivity contribution is 5.72. The Labute approximate surface area is 406 Å². The van der Waals surface area contributed by atoms with Gasteiger partial charge in [-0.2, -0.15) is 0 Å². The molecule has 0 fully saturated rings. The molecular formula is C56H106N4O6. The third-order valence-corrected chi connectivity index (χ3v) is 13.3. The number of alkyl carbamates (subject to hydrolysis) is 1. The first-order valence-corrected chi connectivity index (χ1v) is 28.4. The third-order valence-electron chi connectivity index (χ3n) is 13.3. The Balaban J connectivity index is 2.42. The summed E-state index contributed by atoms with van der Waals surface area (Å²) in [5, 5.41) is 2.77. The predicted octanol–water partition coefficient (Wildman–Crippen LogP) is 15.9. The fourth-order valence-corrected chi connectivity index (χ4v) is 8.95. The first kappa shape index (κ1) is 61.4. The van der Waals surface area contributed by atoms with Crippen molar-refractivity contribution in [1.29, 1.82) is 0 Å². The van der Waals surface area contributed by atoms with Crippen molar-refractivity contribution in [2.45, 2.75) is 284 Å². The zero-order valence-corrected chi connectivity index (χ0v) is 43.8. The number of imidazole rings is 1. The Morgan fingerprint density at radius 3 is 1.50 bits per heavy atom. The minimum Gasteiger partial charge on any atom is -0.465 e. The molecule has 66 heavy (non-hydrogen) atoms. The van der Waals surface area contributed by atoms with E-state index < -0.39 is 6.09 Å². The first-order chi connectivity index (χ1) is 32.4. The van der Waals surface area contributed by atoms with Gasteiger partial charge in [0.25, 0.3) is 0 Å². The van der Waals surface area contributed by atoms with E-state index in [2.05, 4.69) is 47.9 Å². The summed E-state index contributed by atoms with van der Waals surface area (Å²) in [6.07, 6.45) is 47.1. The van der Waals surface area contributed by atoms with Gasteiger partial charge in [-0.1, -0.05) is 201 Å². The lowest BCUT2D eigenvalue weighted by Gasteiger charge is -2.22.